The van der Waals surface area contributed by atoms with Crippen LogP contribution < -0.4 is 0 Å². The van der Waals surface area contributed by atoms with Gasteiger partial charge in [0.2, 0.25) is 0 Å². The highest BCUT2D eigenvalue weighted by Crippen LogP contribution is 2.26. The number of halogens is 1. The van der Waals surface area contributed by atoms with Crippen molar-refractivity contribution in [2.75, 3.05) is 6.61 Å². The first-order chi connectivity index (χ1) is 10.2. The van der Waals surface area contributed by atoms with Crippen molar-refractivity contribution in [3.8, 4) is 0 Å². The molecule has 0 aliphatic carbocycles. The fourth-order valence-electron chi connectivity index (χ4n) is 2.18. The smallest absolute Gasteiger partial charge is 0.266 e. The summed E-state index contributed by atoms with van der Waals surface area (Å²) in [5.74, 6) is -0.827. The molecular formula is C16H12BrNO3. The molecule has 1 atom stereocenters. The van der Waals surface area contributed by atoms with Gasteiger partial charge in [-0.2, -0.15) is 0 Å². The summed E-state index contributed by atoms with van der Waals surface area (Å²) in [5.41, 5.74) is 1.79. The molecule has 0 saturated heterocycles. The van der Waals surface area contributed by atoms with E-state index in [9.17, 15) is 9.59 Å². The van der Waals surface area contributed by atoms with Crippen molar-refractivity contribution in [2.24, 2.45) is 0 Å². The van der Waals surface area contributed by atoms with E-state index in [0.29, 0.717) is 11.1 Å². The summed E-state index contributed by atoms with van der Waals surface area (Å²) in [6, 6.07) is 16.4. The minimum atomic E-state index is -0.414. The van der Waals surface area contributed by atoms with E-state index in [-0.39, 0.29) is 11.4 Å². The van der Waals surface area contributed by atoms with Crippen LogP contribution >= 0.6 is 15.9 Å². The van der Waals surface area contributed by atoms with E-state index in [1.807, 2.05) is 30.3 Å². The number of hydrogen-bond donors (Lipinski definition) is 0. The van der Waals surface area contributed by atoms with Crippen LogP contribution in [-0.4, -0.2) is 23.5 Å². The van der Waals surface area contributed by atoms with Crippen molar-refractivity contribution in [3.05, 3.63) is 71.3 Å². The Balaban J connectivity index is 1.70. The molecule has 3 rings (SSSR count). The Morgan fingerprint density at radius 1 is 0.905 bits per heavy atom. The van der Waals surface area contributed by atoms with E-state index in [1.54, 1.807) is 24.3 Å². The predicted molar refractivity (Wildman–Crippen MR) is 81.0 cm³/mol. The fraction of sp³-hybridized carbons (Fsp3) is 0.125. The van der Waals surface area contributed by atoms with Crippen LogP contribution in [0.2, 0.25) is 0 Å². The lowest BCUT2D eigenvalue weighted by atomic mass is 10.1. The minimum absolute atomic E-state index is 0.0944. The summed E-state index contributed by atoms with van der Waals surface area (Å²) in [6.45, 7) is 0.190. The Labute approximate surface area is 130 Å². The first-order valence-corrected chi connectivity index (χ1v) is 7.40. The molecule has 1 unspecified atom stereocenters. The maximum Gasteiger partial charge on any atom is 0.285 e. The van der Waals surface area contributed by atoms with Gasteiger partial charge in [0.15, 0.2) is 0 Å². The molecule has 5 heteroatoms. The van der Waals surface area contributed by atoms with Crippen molar-refractivity contribution in [1.29, 1.82) is 0 Å². The monoisotopic (exact) mass is 345 g/mol. The third-order valence-electron chi connectivity index (χ3n) is 3.27. The first kappa shape index (κ1) is 14.0. The van der Waals surface area contributed by atoms with Crippen LogP contribution in [0, 0.1) is 0 Å². The third-order valence-corrected chi connectivity index (χ3v) is 4.06. The molecule has 0 bridgehead atoms. The Morgan fingerprint density at radius 3 is 2.00 bits per heavy atom. The van der Waals surface area contributed by atoms with Gasteiger partial charge >= 0.3 is 0 Å². The van der Waals surface area contributed by atoms with Gasteiger partial charge in [0, 0.05) is 0 Å². The molecule has 0 fully saturated rings. The van der Waals surface area contributed by atoms with Gasteiger partial charge < -0.3 is 0 Å². The first-order valence-electron chi connectivity index (χ1n) is 6.48. The molecule has 0 N–H and O–H groups in total. The molecule has 2 aromatic rings. The average Bonchev–Trinajstić information content (AvgIpc) is 2.78. The van der Waals surface area contributed by atoms with E-state index in [2.05, 4.69) is 15.9 Å². The van der Waals surface area contributed by atoms with Gasteiger partial charge in [0.25, 0.3) is 11.8 Å². The zero-order valence-electron chi connectivity index (χ0n) is 11.0. The molecule has 1 aliphatic heterocycles. The fourth-order valence-corrected chi connectivity index (χ4v) is 2.61. The summed E-state index contributed by atoms with van der Waals surface area (Å²) in [7, 11) is 0. The molecule has 0 saturated carbocycles. The highest BCUT2D eigenvalue weighted by atomic mass is 79.9. The summed E-state index contributed by atoms with van der Waals surface area (Å²) < 4.78 is 0. The van der Waals surface area contributed by atoms with Crippen LogP contribution in [0.1, 0.15) is 31.1 Å². The SMILES string of the molecule is O=C1c2ccccc2C(=O)N1OCC(Br)c1ccccc1. The number of nitrogens with zero attached hydrogens (tertiary/aromatic N) is 1. The van der Waals surface area contributed by atoms with E-state index in [1.165, 1.54) is 0 Å². The van der Waals surface area contributed by atoms with Crippen LogP contribution in [0.3, 0.4) is 0 Å². The summed E-state index contributed by atoms with van der Waals surface area (Å²) in [4.78, 5) is 29.6. The maximum absolute atomic E-state index is 12.1. The van der Waals surface area contributed by atoms with Crippen LogP contribution in [-0.2, 0) is 4.84 Å². The number of amides is 2. The summed E-state index contributed by atoms with van der Waals surface area (Å²) in [5, 5.41) is 0.835. The lowest BCUT2D eigenvalue weighted by Gasteiger charge is -2.16. The Hall–Kier alpha value is -1.98. The second kappa shape index (κ2) is 5.79. The summed E-state index contributed by atoms with van der Waals surface area (Å²) in [6.07, 6.45) is 0. The topological polar surface area (TPSA) is 46.6 Å². The van der Waals surface area contributed by atoms with Gasteiger partial charge in [-0.3, -0.25) is 14.4 Å². The number of hydrogen-bond acceptors (Lipinski definition) is 3. The maximum atomic E-state index is 12.1. The molecule has 0 spiro atoms. The van der Waals surface area contributed by atoms with E-state index >= 15 is 0 Å². The molecule has 2 aromatic carbocycles. The highest BCUT2D eigenvalue weighted by molar-refractivity contribution is 9.09. The number of benzene rings is 2. The highest BCUT2D eigenvalue weighted by Gasteiger charge is 2.36. The number of carbonyl (C=O) groups is 2. The Bertz CT molecular complexity index is 652. The number of carbonyl (C=O) groups excluding carboxylic acids is 2. The molecule has 0 radical (unpaired) electrons. The van der Waals surface area contributed by atoms with Crippen LogP contribution in [0.25, 0.3) is 0 Å². The normalized spacial score (nSPS) is 15.2. The number of imide groups is 1. The second-order valence-electron chi connectivity index (χ2n) is 4.62. The minimum Gasteiger partial charge on any atom is -0.266 e. The quantitative estimate of drug-likeness (QED) is 0.630. The standard InChI is InChI=1S/C16H12BrNO3/c17-14(11-6-2-1-3-7-11)10-21-18-15(19)12-8-4-5-9-13(12)16(18)20/h1-9,14H,10H2. The lowest BCUT2D eigenvalue weighted by molar-refractivity contribution is -0.0904. The summed E-state index contributed by atoms with van der Waals surface area (Å²) >= 11 is 3.49. The lowest BCUT2D eigenvalue weighted by Crippen LogP contribution is -2.31. The van der Waals surface area contributed by atoms with E-state index in [4.69, 9.17) is 4.84 Å². The Morgan fingerprint density at radius 2 is 1.43 bits per heavy atom. The van der Waals surface area contributed by atoms with Crippen molar-refractivity contribution < 1.29 is 14.4 Å². The van der Waals surface area contributed by atoms with Gasteiger partial charge in [-0.1, -0.05) is 58.4 Å². The molecule has 4 nitrogen and oxygen atoms in total. The van der Waals surface area contributed by atoms with Gasteiger partial charge in [-0.15, -0.1) is 5.06 Å². The zero-order chi connectivity index (χ0) is 14.8. The second-order valence-corrected chi connectivity index (χ2v) is 5.73. The molecule has 0 aromatic heterocycles. The predicted octanol–water partition coefficient (Wildman–Crippen LogP) is 3.35. The van der Waals surface area contributed by atoms with Crippen molar-refractivity contribution in [1.82, 2.24) is 5.06 Å². The van der Waals surface area contributed by atoms with Crippen molar-refractivity contribution in [3.63, 3.8) is 0 Å². The molecule has 1 aliphatic rings. The molecule has 2 amide bonds. The zero-order valence-corrected chi connectivity index (χ0v) is 12.6. The molecule has 106 valence electrons. The van der Waals surface area contributed by atoms with Crippen molar-refractivity contribution >= 4 is 27.7 Å². The molecule has 1 heterocycles. The number of alkyl halides is 1. The van der Waals surface area contributed by atoms with Crippen LogP contribution in [0.4, 0.5) is 0 Å². The largest absolute Gasteiger partial charge is 0.285 e. The number of hydroxylamine groups is 2. The molecular weight excluding hydrogens is 334 g/mol. The van der Waals surface area contributed by atoms with Crippen LogP contribution in [0.5, 0.6) is 0 Å². The van der Waals surface area contributed by atoms with E-state index < -0.39 is 11.8 Å². The van der Waals surface area contributed by atoms with E-state index in [0.717, 1.165) is 10.6 Å². The Kier molecular flexibility index (Phi) is 3.86. The number of fused-ring (bicyclic) bond motifs is 1. The van der Waals surface area contributed by atoms with Gasteiger partial charge in [-0.05, 0) is 17.7 Å². The third kappa shape index (κ3) is 2.62. The van der Waals surface area contributed by atoms with Gasteiger partial charge in [0.1, 0.15) is 0 Å². The molecule has 21 heavy (non-hydrogen) atoms. The number of rotatable bonds is 4. The van der Waals surface area contributed by atoms with Crippen LogP contribution in [0.15, 0.2) is 54.6 Å². The van der Waals surface area contributed by atoms with Gasteiger partial charge in [-0.25, -0.2) is 0 Å². The van der Waals surface area contributed by atoms with Crippen molar-refractivity contribution in [2.45, 2.75) is 4.83 Å². The average molecular weight is 346 g/mol. The van der Waals surface area contributed by atoms with Gasteiger partial charge in [0.05, 0.1) is 22.6 Å².